The highest BCUT2D eigenvalue weighted by molar-refractivity contribution is 5.49. The van der Waals surface area contributed by atoms with E-state index in [0.717, 1.165) is 31.3 Å². The van der Waals surface area contributed by atoms with E-state index in [1.807, 2.05) is 4.90 Å². The number of anilines is 1. The fourth-order valence-electron chi connectivity index (χ4n) is 3.03. The summed E-state index contributed by atoms with van der Waals surface area (Å²) in [5.74, 6) is -0.247. The average Bonchev–Trinajstić information content (AvgIpc) is 2.57. The molecule has 1 saturated heterocycles. The molecule has 24 heavy (non-hydrogen) atoms. The van der Waals surface area contributed by atoms with Crippen LogP contribution in [0.3, 0.4) is 0 Å². The van der Waals surface area contributed by atoms with E-state index >= 15 is 0 Å². The van der Waals surface area contributed by atoms with Crippen molar-refractivity contribution in [1.82, 2.24) is 0 Å². The maximum atomic E-state index is 12.9. The normalized spacial score (nSPS) is 16.4. The van der Waals surface area contributed by atoms with Crippen molar-refractivity contribution in [2.45, 2.75) is 12.7 Å². The number of hydrogen-bond acceptors (Lipinski definition) is 1. The van der Waals surface area contributed by atoms with Crippen molar-refractivity contribution in [3.05, 3.63) is 65.5 Å². The SMILES string of the molecule is Fc1ccc(C[NH+]2CCN(c3cccc(C(F)(F)F)c3)CC2)cc1. The van der Waals surface area contributed by atoms with Crippen LogP contribution >= 0.6 is 0 Å². The van der Waals surface area contributed by atoms with Gasteiger partial charge in [0, 0.05) is 11.3 Å². The third-order valence-corrected chi connectivity index (χ3v) is 4.38. The number of benzene rings is 2. The number of hydrogen-bond donors (Lipinski definition) is 1. The Labute approximate surface area is 138 Å². The fourth-order valence-corrected chi connectivity index (χ4v) is 3.03. The van der Waals surface area contributed by atoms with Crippen LogP contribution in [0, 0.1) is 5.82 Å². The van der Waals surface area contributed by atoms with Crippen LogP contribution in [0.1, 0.15) is 11.1 Å². The standard InChI is InChI=1S/C18H18F4N2/c19-16-6-4-14(5-7-16)13-23-8-10-24(11-9-23)17-3-1-2-15(12-17)18(20,21)22/h1-7,12H,8-11,13H2/p+1. The molecule has 2 aromatic rings. The molecule has 1 N–H and O–H groups in total. The lowest BCUT2D eigenvalue weighted by Gasteiger charge is -2.34. The smallest absolute Gasteiger partial charge is 0.360 e. The quantitative estimate of drug-likeness (QED) is 0.845. The lowest BCUT2D eigenvalue weighted by atomic mass is 10.1. The monoisotopic (exact) mass is 339 g/mol. The number of alkyl halides is 3. The molecule has 1 heterocycles. The maximum absolute atomic E-state index is 12.9. The molecule has 3 rings (SSSR count). The Kier molecular flexibility index (Phi) is 4.76. The summed E-state index contributed by atoms with van der Waals surface area (Å²) >= 11 is 0. The van der Waals surface area contributed by atoms with Crippen molar-refractivity contribution in [3.63, 3.8) is 0 Å². The zero-order chi connectivity index (χ0) is 17.2. The van der Waals surface area contributed by atoms with E-state index < -0.39 is 11.7 Å². The van der Waals surface area contributed by atoms with Crippen molar-refractivity contribution in [3.8, 4) is 0 Å². The molecule has 1 aliphatic heterocycles. The molecule has 0 bridgehead atoms. The van der Waals surface area contributed by atoms with E-state index in [9.17, 15) is 17.6 Å². The maximum Gasteiger partial charge on any atom is 0.416 e. The number of nitrogens with one attached hydrogen (secondary N) is 1. The molecule has 6 heteroatoms. The van der Waals surface area contributed by atoms with Gasteiger partial charge in [-0.2, -0.15) is 13.2 Å². The fraction of sp³-hybridized carbons (Fsp3) is 0.333. The average molecular weight is 339 g/mol. The van der Waals surface area contributed by atoms with Crippen molar-refractivity contribution in [1.29, 1.82) is 0 Å². The first kappa shape index (κ1) is 16.8. The molecule has 1 aliphatic rings. The largest absolute Gasteiger partial charge is 0.416 e. The Morgan fingerprint density at radius 2 is 1.62 bits per heavy atom. The summed E-state index contributed by atoms with van der Waals surface area (Å²) in [7, 11) is 0. The number of piperazine rings is 1. The van der Waals surface area contributed by atoms with E-state index in [0.29, 0.717) is 18.8 Å². The van der Waals surface area contributed by atoms with Crippen molar-refractivity contribution < 1.29 is 22.5 Å². The Bertz CT molecular complexity index is 674. The van der Waals surface area contributed by atoms with Gasteiger partial charge in [0.25, 0.3) is 0 Å². The zero-order valence-corrected chi connectivity index (χ0v) is 13.1. The number of quaternary nitrogens is 1. The molecule has 0 amide bonds. The highest BCUT2D eigenvalue weighted by Crippen LogP contribution is 2.31. The van der Waals surface area contributed by atoms with Crippen LogP contribution in [0.15, 0.2) is 48.5 Å². The van der Waals surface area contributed by atoms with Gasteiger partial charge >= 0.3 is 6.18 Å². The highest BCUT2D eigenvalue weighted by atomic mass is 19.4. The Morgan fingerprint density at radius 1 is 0.958 bits per heavy atom. The summed E-state index contributed by atoms with van der Waals surface area (Å²) in [6.45, 7) is 3.90. The molecule has 0 atom stereocenters. The second-order valence-electron chi connectivity index (χ2n) is 6.09. The van der Waals surface area contributed by atoms with Gasteiger partial charge in [0.05, 0.1) is 31.7 Å². The molecular weight excluding hydrogens is 320 g/mol. The van der Waals surface area contributed by atoms with E-state index in [2.05, 4.69) is 0 Å². The third kappa shape index (κ3) is 4.06. The van der Waals surface area contributed by atoms with Gasteiger partial charge in [-0.3, -0.25) is 0 Å². The topological polar surface area (TPSA) is 7.68 Å². The molecule has 0 radical (unpaired) electrons. The van der Waals surface area contributed by atoms with Crippen LogP contribution in [0.2, 0.25) is 0 Å². The number of halogens is 4. The summed E-state index contributed by atoms with van der Waals surface area (Å²) in [6, 6.07) is 11.9. The van der Waals surface area contributed by atoms with Crippen molar-refractivity contribution in [2.24, 2.45) is 0 Å². The minimum absolute atomic E-state index is 0.247. The van der Waals surface area contributed by atoms with Gasteiger partial charge in [0.2, 0.25) is 0 Å². The van der Waals surface area contributed by atoms with Gasteiger partial charge in [-0.25, -0.2) is 4.39 Å². The molecule has 2 nitrogen and oxygen atoms in total. The molecule has 128 valence electrons. The predicted octanol–water partition coefficient (Wildman–Crippen LogP) is 2.75. The van der Waals surface area contributed by atoms with Gasteiger partial charge in [-0.05, 0) is 30.3 Å². The minimum Gasteiger partial charge on any atom is -0.360 e. The van der Waals surface area contributed by atoms with E-state index in [1.165, 1.54) is 29.2 Å². The van der Waals surface area contributed by atoms with Gasteiger partial charge in [0.1, 0.15) is 12.4 Å². The highest BCUT2D eigenvalue weighted by Gasteiger charge is 2.31. The summed E-state index contributed by atoms with van der Waals surface area (Å²) in [6.07, 6.45) is -4.31. The second-order valence-corrected chi connectivity index (χ2v) is 6.09. The molecule has 2 aromatic carbocycles. The molecule has 0 unspecified atom stereocenters. The lowest BCUT2D eigenvalue weighted by molar-refractivity contribution is -0.914. The molecular formula is C18H19F4N2+. The van der Waals surface area contributed by atoms with Crippen molar-refractivity contribution in [2.75, 3.05) is 31.1 Å². The van der Waals surface area contributed by atoms with E-state index in [4.69, 9.17) is 0 Å². The first-order valence-electron chi connectivity index (χ1n) is 7.92. The second kappa shape index (κ2) is 6.81. The van der Waals surface area contributed by atoms with Gasteiger partial charge in [-0.1, -0.05) is 18.2 Å². The third-order valence-electron chi connectivity index (χ3n) is 4.38. The Balaban J connectivity index is 1.60. The molecule has 0 aliphatic carbocycles. The molecule has 0 aromatic heterocycles. The van der Waals surface area contributed by atoms with Crippen molar-refractivity contribution >= 4 is 5.69 Å². The Morgan fingerprint density at radius 3 is 2.25 bits per heavy atom. The molecule has 0 spiro atoms. The number of rotatable bonds is 3. The number of nitrogens with zero attached hydrogens (tertiary/aromatic N) is 1. The summed E-state index contributed by atoms with van der Waals surface area (Å²) in [5, 5.41) is 0. The molecule has 0 saturated carbocycles. The van der Waals surface area contributed by atoms with Crippen LogP contribution in [0.25, 0.3) is 0 Å². The van der Waals surface area contributed by atoms with Gasteiger partial charge in [-0.15, -0.1) is 0 Å². The minimum atomic E-state index is -4.31. The lowest BCUT2D eigenvalue weighted by Crippen LogP contribution is -3.13. The summed E-state index contributed by atoms with van der Waals surface area (Å²) < 4.78 is 51.4. The van der Waals surface area contributed by atoms with E-state index in [1.54, 1.807) is 18.2 Å². The van der Waals surface area contributed by atoms with Gasteiger partial charge < -0.3 is 9.80 Å². The summed E-state index contributed by atoms with van der Waals surface area (Å²) in [4.78, 5) is 3.34. The van der Waals surface area contributed by atoms with Crippen LogP contribution in [-0.2, 0) is 12.7 Å². The first-order chi connectivity index (χ1) is 11.4. The summed E-state index contributed by atoms with van der Waals surface area (Å²) in [5.41, 5.74) is 1.07. The van der Waals surface area contributed by atoms with Crippen LogP contribution in [0.5, 0.6) is 0 Å². The van der Waals surface area contributed by atoms with Gasteiger partial charge in [0.15, 0.2) is 0 Å². The van der Waals surface area contributed by atoms with Crippen LogP contribution in [0.4, 0.5) is 23.2 Å². The van der Waals surface area contributed by atoms with Crippen LogP contribution < -0.4 is 9.80 Å². The van der Waals surface area contributed by atoms with E-state index in [-0.39, 0.29) is 5.82 Å². The Hall–Kier alpha value is -2.08. The van der Waals surface area contributed by atoms with Crippen LogP contribution in [-0.4, -0.2) is 26.2 Å². The zero-order valence-electron chi connectivity index (χ0n) is 13.1. The first-order valence-corrected chi connectivity index (χ1v) is 7.92. The predicted molar refractivity (Wildman–Crippen MR) is 84.5 cm³/mol. The molecule has 1 fully saturated rings.